The molecule has 4 rings (SSSR count). The molecule has 0 unspecified atom stereocenters. The number of rotatable bonds is 5. The molecule has 3 aromatic carbocycles. The van der Waals surface area contributed by atoms with Crippen molar-refractivity contribution < 1.29 is 4.39 Å². The van der Waals surface area contributed by atoms with E-state index >= 15 is 0 Å². The summed E-state index contributed by atoms with van der Waals surface area (Å²) in [5.74, 6) is -0.176. The molecule has 1 N–H and O–H groups in total. The highest BCUT2D eigenvalue weighted by molar-refractivity contribution is 5.89. The topological polar surface area (TPSA) is 29.3 Å². The molecular formula is C22H18FN3. The van der Waals surface area contributed by atoms with Gasteiger partial charge >= 0.3 is 0 Å². The molecule has 26 heavy (non-hydrogen) atoms. The second-order valence-electron chi connectivity index (χ2n) is 6.09. The van der Waals surface area contributed by atoms with E-state index in [0.717, 1.165) is 22.2 Å². The molecule has 1 heterocycles. The van der Waals surface area contributed by atoms with Gasteiger partial charge in [0.25, 0.3) is 0 Å². The molecule has 0 amide bonds. The maximum absolute atomic E-state index is 13.9. The number of benzene rings is 3. The zero-order valence-corrected chi connectivity index (χ0v) is 14.1. The minimum absolute atomic E-state index is 0.176. The number of hydrogen-bond donors (Lipinski definition) is 1. The molecule has 0 saturated carbocycles. The Balaban J connectivity index is 1.53. The van der Waals surface area contributed by atoms with Crippen LogP contribution in [-0.4, -0.2) is 10.8 Å². The number of nitrogens with one attached hydrogen (secondary N) is 1. The minimum Gasteiger partial charge on any atom is -0.343 e. The molecule has 128 valence electrons. The molecule has 4 aromatic rings. The van der Waals surface area contributed by atoms with E-state index < -0.39 is 0 Å². The van der Waals surface area contributed by atoms with Crippen LogP contribution in [0.5, 0.6) is 0 Å². The molecule has 0 aliphatic rings. The van der Waals surface area contributed by atoms with Gasteiger partial charge in [-0.2, -0.15) is 5.10 Å². The highest BCUT2D eigenvalue weighted by Crippen LogP contribution is 2.19. The summed E-state index contributed by atoms with van der Waals surface area (Å²) in [7, 11) is 0. The lowest BCUT2D eigenvalue weighted by Crippen LogP contribution is -2.00. The lowest BCUT2D eigenvalue weighted by Gasteiger charge is -2.07. The van der Waals surface area contributed by atoms with Gasteiger partial charge in [-0.05, 0) is 42.0 Å². The fourth-order valence-corrected chi connectivity index (χ4v) is 2.94. The third-order valence-corrected chi connectivity index (χ3v) is 4.27. The molecule has 4 heteroatoms. The first kappa shape index (κ1) is 16.1. The molecule has 0 aliphatic heterocycles. The Bertz CT molecular complexity index is 1050. The van der Waals surface area contributed by atoms with Gasteiger partial charge in [0.15, 0.2) is 0 Å². The quantitative estimate of drug-likeness (QED) is 0.388. The van der Waals surface area contributed by atoms with Crippen molar-refractivity contribution in [2.45, 2.75) is 6.54 Å². The van der Waals surface area contributed by atoms with Crippen molar-refractivity contribution in [1.29, 1.82) is 0 Å². The van der Waals surface area contributed by atoms with E-state index in [0.29, 0.717) is 12.1 Å². The standard InChI is InChI=1S/C22H18FN3/c23-21-9-5-4-6-19(21)16-26-13-12-18-14-17(10-11-22(18)26)15-24-25-20-7-2-1-3-8-20/h1-15,25H,16H2. The van der Waals surface area contributed by atoms with E-state index in [1.54, 1.807) is 12.3 Å². The third-order valence-electron chi connectivity index (χ3n) is 4.27. The zero-order chi connectivity index (χ0) is 17.8. The monoisotopic (exact) mass is 343 g/mol. The first-order chi connectivity index (χ1) is 12.8. The molecule has 3 nitrogen and oxygen atoms in total. The predicted octanol–water partition coefficient (Wildman–Crippen LogP) is 5.27. The normalized spacial score (nSPS) is 11.3. The lowest BCUT2D eigenvalue weighted by atomic mass is 10.1. The van der Waals surface area contributed by atoms with Crippen LogP contribution >= 0.6 is 0 Å². The fourth-order valence-electron chi connectivity index (χ4n) is 2.94. The predicted molar refractivity (Wildman–Crippen MR) is 105 cm³/mol. The first-order valence-corrected chi connectivity index (χ1v) is 8.46. The van der Waals surface area contributed by atoms with Crippen LogP contribution in [0.15, 0.2) is 90.2 Å². The van der Waals surface area contributed by atoms with Crippen LogP contribution < -0.4 is 5.43 Å². The van der Waals surface area contributed by atoms with Crippen molar-refractivity contribution in [3.8, 4) is 0 Å². The molecule has 1 aromatic heterocycles. The number of hydrazone groups is 1. The lowest BCUT2D eigenvalue weighted by molar-refractivity contribution is 0.602. The number of aromatic nitrogens is 1. The fraction of sp³-hybridized carbons (Fsp3) is 0.0455. The van der Waals surface area contributed by atoms with Crippen LogP contribution in [-0.2, 0) is 6.54 Å². The second-order valence-corrected chi connectivity index (χ2v) is 6.09. The number of hydrogen-bond acceptors (Lipinski definition) is 2. The SMILES string of the molecule is Fc1ccccc1Cn1ccc2cc(C=NNc3ccccc3)ccc21. The summed E-state index contributed by atoms with van der Waals surface area (Å²) in [6, 6.07) is 24.9. The second kappa shape index (κ2) is 7.23. The van der Waals surface area contributed by atoms with Gasteiger partial charge in [0, 0.05) is 22.7 Å². The molecule has 0 spiro atoms. The Morgan fingerprint density at radius 2 is 1.73 bits per heavy atom. The number of nitrogens with zero attached hydrogens (tertiary/aromatic N) is 2. The number of para-hydroxylation sites is 1. The first-order valence-electron chi connectivity index (χ1n) is 8.46. The van der Waals surface area contributed by atoms with Crippen molar-refractivity contribution in [2.75, 3.05) is 5.43 Å². The Morgan fingerprint density at radius 1 is 0.923 bits per heavy atom. The van der Waals surface area contributed by atoms with Crippen molar-refractivity contribution in [3.63, 3.8) is 0 Å². The molecule has 0 bridgehead atoms. The van der Waals surface area contributed by atoms with E-state index in [1.807, 2.05) is 66.9 Å². The molecule has 0 aliphatic carbocycles. The van der Waals surface area contributed by atoms with E-state index in [4.69, 9.17) is 0 Å². The summed E-state index contributed by atoms with van der Waals surface area (Å²) < 4.78 is 15.9. The van der Waals surface area contributed by atoms with Gasteiger partial charge in [-0.1, -0.05) is 42.5 Å². The average molecular weight is 343 g/mol. The van der Waals surface area contributed by atoms with Gasteiger partial charge in [0.2, 0.25) is 0 Å². The van der Waals surface area contributed by atoms with E-state index in [1.165, 1.54) is 6.07 Å². The molecule has 0 saturated heterocycles. The minimum atomic E-state index is -0.176. The Labute approximate surface area is 151 Å². The number of anilines is 1. The number of halogens is 1. The van der Waals surface area contributed by atoms with Crippen LogP contribution in [0.4, 0.5) is 10.1 Å². The van der Waals surface area contributed by atoms with E-state index in [-0.39, 0.29) is 5.82 Å². The highest BCUT2D eigenvalue weighted by atomic mass is 19.1. The van der Waals surface area contributed by atoms with Gasteiger partial charge < -0.3 is 4.57 Å². The third kappa shape index (κ3) is 3.49. The summed E-state index contributed by atoms with van der Waals surface area (Å²) >= 11 is 0. The average Bonchev–Trinajstić information content (AvgIpc) is 3.07. The van der Waals surface area contributed by atoms with Crippen molar-refractivity contribution in [1.82, 2.24) is 4.57 Å². The summed E-state index contributed by atoms with van der Waals surface area (Å²) in [4.78, 5) is 0. The largest absolute Gasteiger partial charge is 0.343 e. The van der Waals surface area contributed by atoms with E-state index in [2.05, 4.69) is 21.2 Å². The van der Waals surface area contributed by atoms with Crippen molar-refractivity contribution in [3.05, 3.63) is 102 Å². The van der Waals surface area contributed by atoms with Crippen molar-refractivity contribution in [2.24, 2.45) is 5.10 Å². The summed E-state index contributed by atoms with van der Waals surface area (Å²) in [6.07, 6.45) is 3.78. The van der Waals surface area contributed by atoms with Gasteiger partial charge in [0.1, 0.15) is 5.82 Å². The van der Waals surface area contributed by atoms with Crippen LogP contribution in [0.1, 0.15) is 11.1 Å². The Morgan fingerprint density at radius 3 is 2.58 bits per heavy atom. The Kier molecular flexibility index (Phi) is 4.48. The molecule has 0 atom stereocenters. The van der Waals surface area contributed by atoms with Crippen LogP contribution in [0.3, 0.4) is 0 Å². The van der Waals surface area contributed by atoms with Gasteiger partial charge in [-0.15, -0.1) is 0 Å². The molecule has 0 fully saturated rings. The Hall–Kier alpha value is -3.40. The summed E-state index contributed by atoms with van der Waals surface area (Å²) in [5.41, 5.74) is 6.71. The van der Waals surface area contributed by atoms with Crippen molar-refractivity contribution >= 4 is 22.8 Å². The highest BCUT2D eigenvalue weighted by Gasteiger charge is 2.05. The van der Waals surface area contributed by atoms with Gasteiger partial charge in [-0.3, -0.25) is 5.43 Å². The van der Waals surface area contributed by atoms with E-state index in [9.17, 15) is 4.39 Å². The smallest absolute Gasteiger partial charge is 0.128 e. The maximum atomic E-state index is 13.9. The zero-order valence-electron chi connectivity index (χ0n) is 14.1. The molecular weight excluding hydrogens is 325 g/mol. The number of fused-ring (bicyclic) bond motifs is 1. The maximum Gasteiger partial charge on any atom is 0.128 e. The van der Waals surface area contributed by atoms with Crippen LogP contribution in [0.2, 0.25) is 0 Å². The van der Waals surface area contributed by atoms with Gasteiger partial charge in [-0.25, -0.2) is 4.39 Å². The summed E-state index contributed by atoms with van der Waals surface area (Å²) in [5, 5.41) is 5.38. The summed E-state index contributed by atoms with van der Waals surface area (Å²) in [6.45, 7) is 0.513. The van der Waals surface area contributed by atoms with Crippen LogP contribution in [0, 0.1) is 5.82 Å². The van der Waals surface area contributed by atoms with Gasteiger partial charge in [0.05, 0.1) is 18.4 Å². The van der Waals surface area contributed by atoms with Crippen LogP contribution in [0.25, 0.3) is 10.9 Å². The molecule has 0 radical (unpaired) electrons.